The first-order valence-electron chi connectivity index (χ1n) is 4.77. The van der Waals surface area contributed by atoms with Crippen LogP contribution in [-0.4, -0.2) is 36.3 Å². The molecule has 0 saturated carbocycles. The molecule has 1 aromatic rings. The minimum absolute atomic E-state index is 0.0297. The van der Waals surface area contributed by atoms with Crippen LogP contribution in [0.1, 0.15) is 0 Å². The minimum Gasteiger partial charge on any atom is -0.597 e. The van der Waals surface area contributed by atoms with Crippen molar-refractivity contribution in [3.8, 4) is 5.75 Å². The fourth-order valence-electron chi connectivity index (χ4n) is 1.07. The molecule has 1 aromatic carbocycles. The zero-order chi connectivity index (χ0) is 11.8. The molecule has 0 radical (unpaired) electrons. The predicted molar refractivity (Wildman–Crippen MR) is 55.9 cm³/mol. The zero-order valence-electron chi connectivity index (χ0n) is 8.94. The molecule has 0 aliphatic rings. The fourth-order valence-corrected chi connectivity index (χ4v) is 1.07. The summed E-state index contributed by atoms with van der Waals surface area (Å²) in [7, 11) is 1.26. The summed E-state index contributed by atoms with van der Waals surface area (Å²) in [4.78, 5) is 4.52. The van der Waals surface area contributed by atoms with Crippen molar-refractivity contribution in [1.29, 1.82) is 0 Å². The Labute approximate surface area is 93.3 Å². The topological polar surface area (TPSA) is 77.1 Å². The maximum atomic E-state index is 10.9. The fraction of sp³-hybridized carbons (Fsp3) is 0.400. The summed E-state index contributed by atoms with van der Waals surface area (Å²) in [6, 6.07) is 9.03. The Morgan fingerprint density at radius 1 is 1.44 bits per heavy atom. The van der Waals surface area contributed by atoms with Gasteiger partial charge in [-0.05, 0) is 12.1 Å². The molecule has 0 aliphatic carbocycles. The number of rotatable bonds is 6. The van der Waals surface area contributed by atoms with E-state index in [9.17, 15) is 10.3 Å². The van der Waals surface area contributed by atoms with Crippen LogP contribution in [0.3, 0.4) is 0 Å². The van der Waals surface area contributed by atoms with E-state index in [4.69, 9.17) is 4.74 Å². The highest BCUT2D eigenvalue weighted by molar-refractivity contribution is 5.20. The number of hydroxylamine groups is 1. The first kappa shape index (κ1) is 12.3. The molecule has 1 rings (SSSR count). The predicted octanol–water partition coefficient (Wildman–Crippen LogP) is 0.950. The molecule has 1 unspecified atom stereocenters. The van der Waals surface area contributed by atoms with Crippen molar-refractivity contribution in [3.05, 3.63) is 35.5 Å². The third-order valence-electron chi connectivity index (χ3n) is 1.73. The van der Waals surface area contributed by atoms with E-state index in [0.29, 0.717) is 5.75 Å². The van der Waals surface area contributed by atoms with Crippen LogP contribution in [0.15, 0.2) is 35.6 Å². The molecule has 88 valence electrons. The quantitative estimate of drug-likeness (QED) is 0.445. The molecule has 0 heterocycles. The lowest BCUT2D eigenvalue weighted by Gasteiger charge is -2.10. The summed E-state index contributed by atoms with van der Waals surface area (Å²) in [5, 5.41) is 23.4. The number of hydrogen-bond acceptors (Lipinski definition) is 5. The normalized spacial score (nSPS) is 13.2. The molecule has 16 heavy (non-hydrogen) atoms. The Bertz CT molecular complexity index is 329. The number of ether oxygens (including phenoxy) is 1. The van der Waals surface area contributed by atoms with Gasteiger partial charge in [-0.15, -0.1) is 0 Å². The van der Waals surface area contributed by atoms with Crippen molar-refractivity contribution in [3.63, 3.8) is 0 Å². The van der Waals surface area contributed by atoms with Crippen molar-refractivity contribution in [2.75, 3.05) is 20.3 Å². The third-order valence-corrected chi connectivity index (χ3v) is 1.73. The highest BCUT2D eigenvalue weighted by atomic mass is 16.7. The number of benzene rings is 1. The van der Waals surface area contributed by atoms with E-state index in [1.165, 1.54) is 7.11 Å². The summed E-state index contributed by atoms with van der Waals surface area (Å²) in [6.07, 6.45) is -0.920. The van der Waals surface area contributed by atoms with Crippen LogP contribution < -0.4 is 4.74 Å². The van der Waals surface area contributed by atoms with Gasteiger partial charge >= 0.3 is 0 Å². The Morgan fingerprint density at radius 3 is 2.75 bits per heavy atom. The summed E-state index contributed by atoms with van der Waals surface area (Å²) in [6.45, 7) is -0.164. The van der Waals surface area contributed by atoms with E-state index >= 15 is 0 Å². The van der Waals surface area contributed by atoms with Gasteiger partial charge in [0.25, 0.3) is 0 Å². The summed E-state index contributed by atoms with van der Waals surface area (Å²) in [5.74, 6) is 0.641. The van der Waals surface area contributed by atoms with E-state index in [0.717, 1.165) is 0 Å². The molecule has 0 fully saturated rings. The molecule has 0 amide bonds. The van der Waals surface area contributed by atoms with E-state index in [1.807, 2.05) is 18.2 Å². The van der Waals surface area contributed by atoms with Gasteiger partial charge in [0.1, 0.15) is 19.5 Å². The van der Waals surface area contributed by atoms with E-state index < -0.39 is 6.10 Å². The lowest BCUT2D eigenvalue weighted by atomic mass is 10.3. The molecule has 0 aromatic heterocycles. The van der Waals surface area contributed by atoms with Crippen LogP contribution in [0.5, 0.6) is 5.75 Å². The molecule has 1 atom stereocenters. The van der Waals surface area contributed by atoms with E-state index in [2.05, 4.69) is 10.1 Å². The average molecular weight is 226 g/mol. The molecule has 0 spiro atoms. The highest BCUT2D eigenvalue weighted by Crippen LogP contribution is 2.08. The highest BCUT2D eigenvalue weighted by Gasteiger charge is 2.11. The Hall–Kier alpha value is -1.82. The monoisotopic (exact) mass is 226 g/mol. The number of aliphatic hydroxyl groups excluding tert-OH is 1. The first-order valence-corrected chi connectivity index (χ1v) is 4.77. The van der Waals surface area contributed by atoms with Crippen LogP contribution in [0.4, 0.5) is 0 Å². The number of aliphatic hydroxyl groups is 1. The van der Waals surface area contributed by atoms with Crippen molar-refractivity contribution in [1.82, 2.24) is 0 Å². The largest absolute Gasteiger partial charge is 0.597 e. The van der Waals surface area contributed by atoms with E-state index in [-0.39, 0.29) is 18.0 Å². The lowest BCUT2D eigenvalue weighted by molar-refractivity contribution is -0.565. The maximum absolute atomic E-state index is 10.9. The van der Waals surface area contributed by atoms with Crippen LogP contribution in [0.2, 0.25) is 0 Å². The Balaban J connectivity index is 2.30. The van der Waals surface area contributed by atoms with Gasteiger partial charge in [0.2, 0.25) is 6.54 Å². The molecular formula is C10H14N2O4. The van der Waals surface area contributed by atoms with Gasteiger partial charge in [0.05, 0.1) is 0 Å². The van der Waals surface area contributed by atoms with Gasteiger partial charge < -0.3 is 19.9 Å². The van der Waals surface area contributed by atoms with Crippen LogP contribution >= 0.6 is 0 Å². The minimum atomic E-state index is -0.920. The number of hydrogen-bond donors (Lipinski definition) is 1. The van der Waals surface area contributed by atoms with Crippen molar-refractivity contribution >= 4 is 0 Å². The smallest absolute Gasteiger partial charge is 0.213 e. The van der Waals surface area contributed by atoms with Crippen LogP contribution in [0, 0.1) is 5.21 Å². The summed E-state index contributed by atoms with van der Waals surface area (Å²) < 4.78 is 5.25. The van der Waals surface area contributed by atoms with Crippen molar-refractivity contribution in [2.24, 2.45) is 5.28 Å². The first-order chi connectivity index (χ1) is 7.72. The number of para-hydroxylation sites is 1. The van der Waals surface area contributed by atoms with Crippen molar-refractivity contribution < 1.29 is 19.5 Å². The molecule has 6 heteroatoms. The van der Waals surface area contributed by atoms with Crippen LogP contribution in [-0.2, 0) is 4.84 Å². The van der Waals surface area contributed by atoms with Gasteiger partial charge in [-0.2, -0.15) is 0 Å². The van der Waals surface area contributed by atoms with E-state index in [1.54, 1.807) is 12.1 Å². The SMILES string of the molecule is CO/N=[N+](/[O-])CC(O)COc1ccccc1. The standard InChI is InChI=1S/C10H14N2O4/c1-15-11-12(14)7-9(13)8-16-10-5-3-2-4-6-10/h2-6,9,13H,7-8H2,1H3/b12-11+. The molecule has 0 bridgehead atoms. The molecule has 0 aliphatic heterocycles. The summed E-state index contributed by atoms with van der Waals surface area (Å²) >= 11 is 0. The molecule has 0 saturated heterocycles. The van der Waals surface area contributed by atoms with Gasteiger partial charge in [-0.3, -0.25) is 0 Å². The second kappa shape index (κ2) is 6.62. The second-order valence-corrected chi connectivity index (χ2v) is 3.08. The Kier molecular flexibility index (Phi) is 5.07. The van der Waals surface area contributed by atoms with Gasteiger partial charge in [0.15, 0.2) is 11.4 Å². The third kappa shape index (κ3) is 4.61. The van der Waals surface area contributed by atoms with Gasteiger partial charge in [-0.1, -0.05) is 23.1 Å². The number of nitrogens with zero attached hydrogens (tertiary/aromatic N) is 2. The van der Waals surface area contributed by atoms with Gasteiger partial charge in [-0.25, -0.2) is 0 Å². The molecule has 1 N–H and O–H groups in total. The second-order valence-electron chi connectivity index (χ2n) is 3.08. The zero-order valence-corrected chi connectivity index (χ0v) is 8.94. The van der Waals surface area contributed by atoms with Crippen molar-refractivity contribution in [2.45, 2.75) is 6.10 Å². The van der Waals surface area contributed by atoms with Crippen LogP contribution in [0.25, 0.3) is 0 Å². The average Bonchev–Trinajstić information content (AvgIpc) is 2.28. The maximum Gasteiger partial charge on any atom is 0.213 e. The Morgan fingerprint density at radius 2 is 2.12 bits per heavy atom. The molecular weight excluding hydrogens is 212 g/mol. The summed E-state index contributed by atoms with van der Waals surface area (Å²) in [5.41, 5.74) is 0. The van der Waals surface area contributed by atoms with Gasteiger partial charge in [0, 0.05) is 0 Å². The molecule has 6 nitrogen and oxygen atoms in total. The lowest BCUT2D eigenvalue weighted by Crippen LogP contribution is -2.26.